The van der Waals surface area contributed by atoms with Crippen LogP contribution in [0.3, 0.4) is 0 Å². The summed E-state index contributed by atoms with van der Waals surface area (Å²) in [7, 11) is 0. The Balaban J connectivity index is 1.94. The van der Waals surface area contributed by atoms with Crippen molar-refractivity contribution in [3.05, 3.63) is 35.4 Å². The lowest BCUT2D eigenvalue weighted by Gasteiger charge is -2.38. The molecule has 0 aromatic heterocycles. The molecule has 0 unspecified atom stereocenters. The second-order valence-electron chi connectivity index (χ2n) is 5.23. The zero-order chi connectivity index (χ0) is 13.2. The molecule has 2 rings (SSSR count). The maximum absolute atomic E-state index is 11.9. The summed E-state index contributed by atoms with van der Waals surface area (Å²) in [4.78, 5) is 22.5. The highest BCUT2D eigenvalue weighted by molar-refractivity contribution is 5.95. The number of carbonyl (C=O) groups excluding carboxylic acids is 1. The van der Waals surface area contributed by atoms with Gasteiger partial charge in [-0.1, -0.05) is 13.3 Å². The van der Waals surface area contributed by atoms with Gasteiger partial charge in [-0.25, -0.2) is 4.79 Å². The minimum absolute atomic E-state index is 0.139. The summed E-state index contributed by atoms with van der Waals surface area (Å²) in [6.07, 6.45) is 3.55. The van der Waals surface area contributed by atoms with Crippen LogP contribution >= 0.6 is 0 Å². The van der Waals surface area contributed by atoms with Gasteiger partial charge in [-0.05, 0) is 42.5 Å². The molecule has 0 spiro atoms. The van der Waals surface area contributed by atoms with Gasteiger partial charge < -0.3 is 10.4 Å². The molecule has 96 valence electrons. The van der Waals surface area contributed by atoms with Crippen molar-refractivity contribution in [3.8, 4) is 0 Å². The number of benzene rings is 1. The van der Waals surface area contributed by atoms with Crippen LogP contribution in [0, 0.1) is 5.41 Å². The van der Waals surface area contributed by atoms with Crippen LogP contribution in [0.1, 0.15) is 46.9 Å². The van der Waals surface area contributed by atoms with Gasteiger partial charge in [0.15, 0.2) is 0 Å². The Hall–Kier alpha value is -1.84. The Labute approximate surface area is 106 Å². The lowest BCUT2D eigenvalue weighted by Crippen LogP contribution is -2.39. The minimum Gasteiger partial charge on any atom is -0.478 e. The van der Waals surface area contributed by atoms with Crippen molar-refractivity contribution in [2.45, 2.75) is 26.2 Å². The smallest absolute Gasteiger partial charge is 0.335 e. The van der Waals surface area contributed by atoms with Gasteiger partial charge in [0, 0.05) is 12.1 Å². The third-order valence-electron chi connectivity index (χ3n) is 3.63. The van der Waals surface area contributed by atoms with Gasteiger partial charge in [0.1, 0.15) is 0 Å². The Bertz CT molecular complexity index is 460. The Kier molecular flexibility index (Phi) is 3.36. The van der Waals surface area contributed by atoms with E-state index >= 15 is 0 Å². The van der Waals surface area contributed by atoms with Crippen molar-refractivity contribution < 1.29 is 14.7 Å². The van der Waals surface area contributed by atoms with Gasteiger partial charge in [-0.15, -0.1) is 0 Å². The van der Waals surface area contributed by atoms with Crippen LogP contribution in [-0.2, 0) is 0 Å². The molecule has 0 atom stereocenters. The number of nitrogens with one attached hydrogen (secondary N) is 1. The van der Waals surface area contributed by atoms with E-state index in [0.29, 0.717) is 12.1 Å². The summed E-state index contributed by atoms with van der Waals surface area (Å²) >= 11 is 0. The molecule has 2 N–H and O–H groups in total. The lowest BCUT2D eigenvalue weighted by molar-refractivity contribution is 0.0696. The van der Waals surface area contributed by atoms with E-state index in [2.05, 4.69) is 12.2 Å². The monoisotopic (exact) mass is 247 g/mol. The predicted molar refractivity (Wildman–Crippen MR) is 67.7 cm³/mol. The molecule has 0 saturated heterocycles. The van der Waals surface area contributed by atoms with Crippen molar-refractivity contribution in [1.29, 1.82) is 0 Å². The molecule has 0 heterocycles. The highest BCUT2D eigenvalue weighted by Gasteiger charge is 2.31. The van der Waals surface area contributed by atoms with Crippen LogP contribution in [0.5, 0.6) is 0 Å². The molecule has 0 bridgehead atoms. The first-order chi connectivity index (χ1) is 8.50. The molecule has 1 aromatic rings. The fourth-order valence-electron chi connectivity index (χ4n) is 2.12. The summed E-state index contributed by atoms with van der Waals surface area (Å²) in [5, 5.41) is 11.7. The van der Waals surface area contributed by atoms with E-state index < -0.39 is 5.97 Å². The van der Waals surface area contributed by atoms with Crippen LogP contribution in [0.4, 0.5) is 0 Å². The summed E-state index contributed by atoms with van der Waals surface area (Å²) in [5.41, 5.74) is 0.942. The largest absolute Gasteiger partial charge is 0.478 e. The second-order valence-corrected chi connectivity index (χ2v) is 5.23. The van der Waals surface area contributed by atoms with Gasteiger partial charge in [-0.2, -0.15) is 0 Å². The van der Waals surface area contributed by atoms with Crippen LogP contribution in [0.2, 0.25) is 0 Å². The van der Waals surface area contributed by atoms with Gasteiger partial charge in [0.2, 0.25) is 0 Å². The molecule has 0 aliphatic heterocycles. The molecule has 1 fully saturated rings. The quantitative estimate of drug-likeness (QED) is 0.858. The SMILES string of the molecule is CC1(CNC(=O)c2ccc(C(=O)O)cc2)CCC1. The average molecular weight is 247 g/mol. The van der Waals surface area contributed by atoms with E-state index in [9.17, 15) is 9.59 Å². The number of carbonyl (C=O) groups is 2. The maximum atomic E-state index is 11.9. The minimum atomic E-state index is -0.982. The third-order valence-corrected chi connectivity index (χ3v) is 3.63. The molecule has 1 aromatic carbocycles. The molecular formula is C14H17NO3. The highest BCUT2D eigenvalue weighted by atomic mass is 16.4. The molecular weight excluding hydrogens is 230 g/mol. The Morgan fingerprint density at radius 3 is 2.22 bits per heavy atom. The van der Waals surface area contributed by atoms with Crippen LogP contribution in [0.15, 0.2) is 24.3 Å². The first-order valence-electron chi connectivity index (χ1n) is 6.12. The van der Waals surface area contributed by atoms with Gasteiger partial charge in [0.05, 0.1) is 5.56 Å². The highest BCUT2D eigenvalue weighted by Crippen LogP contribution is 2.39. The molecule has 1 amide bonds. The fourth-order valence-corrected chi connectivity index (χ4v) is 2.12. The Morgan fingerprint density at radius 1 is 1.22 bits per heavy atom. The summed E-state index contributed by atoms with van der Waals surface area (Å²) in [6, 6.07) is 5.98. The van der Waals surface area contributed by atoms with Crippen molar-refractivity contribution in [1.82, 2.24) is 5.32 Å². The van der Waals surface area contributed by atoms with E-state index in [1.807, 2.05) is 0 Å². The van der Waals surface area contributed by atoms with Gasteiger partial charge in [-0.3, -0.25) is 4.79 Å². The summed E-state index contributed by atoms with van der Waals surface area (Å²) in [5.74, 6) is -1.12. The van der Waals surface area contributed by atoms with Crippen LogP contribution < -0.4 is 5.32 Å². The predicted octanol–water partition coefficient (Wildman–Crippen LogP) is 2.30. The van der Waals surface area contributed by atoms with E-state index in [-0.39, 0.29) is 16.9 Å². The van der Waals surface area contributed by atoms with E-state index in [1.54, 1.807) is 12.1 Å². The van der Waals surface area contributed by atoms with Crippen LogP contribution in [0.25, 0.3) is 0 Å². The zero-order valence-electron chi connectivity index (χ0n) is 10.4. The number of hydrogen-bond acceptors (Lipinski definition) is 2. The molecule has 1 aliphatic carbocycles. The number of carboxylic acid groups (broad SMARTS) is 1. The van der Waals surface area contributed by atoms with E-state index in [0.717, 1.165) is 12.8 Å². The Morgan fingerprint density at radius 2 is 1.78 bits per heavy atom. The number of hydrogen-bond donors (Lipinski definition) is 2. The first kappa shape index (κ1) is 12.6. The molecule has 4 nitrogen and oxygen atoms in total. The van der Waals surface area contributed by atoms with Crippen LogP contribution in [-0.4, -0.2) is 23.5 Å². The number of aromatic carboxylic acids is 1. The summed E-state index contributed by atoms with van der Waals surface area (Å²) in [6.45, 7) is 2.86. The molecule has 1 saturated carbocycles. The fraction of sp³-hybridized carbons (Fsp3) is 0.429. The molecule has 1 aliphatic rings. The first-order valence-corrected chi connectivity index (χ1v) is 6.12. The molecule has 4 heteroatoms. The van der Waals surface area contributed by atoms with Crippen molar-refractivity contribution >= 4 is 11.9 Å². The lowest BCUT2D eigenvalue weighted by atomic mass is 9.70. The van der Waals surface area contributed by atoms with E-state index in [1.165, 1.54) is 18.6 Å². The normalized spacial score (nSPS) is 16.7. The average Bonchev–Trinajstić information content (AvgIpc) is 2.33. The molecule has 18 heavy (non-hydrogen) atoms. The third kappa shape index (κ3) is 2.70. The van der Waals surface area contributed by atoms with Gasteiger partial charge >= 0.3 is 5.97 Å². The van der Waals surface area contributed by atoms with Gasteiger partial charge in [0.25, 0.3) is 5.91 Å². The zero-order valence-corrected chi connectivity index (χ0v) is 10.4. The topological polar surface area (TPSA) is 66.4 Å². The molecule has 0 radical (unpaired) electrons. The number of carboxylic acids is 1. The standard InChI is InChI=1S/C14H17NO3/c1-14(7-2-8-14)9-15-12(16)10-3-5-11(6-4-10)13(17)18/h3-6H,2,7-9H2,1H3,(H,15,16)(H,17,18). The van der Waals surface area contributed by atoms with Crippen molar-refractivity contribution in [2.75, 3.05) is 6.54 Å². The maximum Gasteiger partial charge on any atom is 0.335 e. The number of rotatable bonds is 4. The van der Waals surface area contributed by atoms with Crippen molar-refractivity contribution in [2.24, 2.45) is 5.41 Å². The van der Waals surface area contributed by atoms with Crippen molar-refractivity contribution in [3.63, 3.8) is 0 Å². The second kappa shape index (κ2) is 4.80. The summed E-state index contributed by atoms with van der Waals surface area (Å²) < 4.78 is 0. The van der Waals surface area contributed by atoms with E-state index in [4.69, 9.17) is 5.11 Å². The number of amides is 1.